The molecule has 4 nitrogen and oxygen atoms in total. The van der Waals surface area contributed by atoms with Crippen molar-refractivity contribution in [2.24, 2.45) is 0 Å². The molecule has 0 aliphatic carbocycles. The molecule has 0 rings (SSSR count). The van der Waals surface area contributed by atoms with Crippen LogP contribution in [0, 0.1) is 11.3 Å². The van der Waals surface area contributed by atoms with E-state index in [4.69, 9.17) is 14.7 Å². The molecule has 76 valence electrons. The van der Waals surface area contributed by atoms with Crippen LogP contribution in [-0.4, -0.2) is 39.5 Å². The Morgan fingerprint density at radius 1 is 1.31 bits per heavy atom. The predicted octanol–water partition coefficient (Wildman–Crippen LogP) is 0.541. The number of hydrogen-bond donors (Lipinski definition) is 1. The van der Waals surface area contributed by atoms with Crippen molar-refractivity contribution in [1.82, 2.24) is 5.32 Å². The van der Waals surface area contributed by atoms with E-state index in [2.05, 4.69) is 11.4 Å². The minimum absolute atomic E-state index is 0.505. The second kappa shape index (κ2) is 6.84. The Bertz CT molecular complexity index is 167. The fraction of sp³-hybridized carbons (Fsp3) is 0.889. The first kappa shape index (κ1) is 12.4. The average molecular weight is 186 g/mol. The zero-order valence-corrected chi connectivity index (χ0v) is 8.59. The summed E-state index contributed by atoms with van der Waals surface area (Å²) in [6, 6.07) is 2.23. The fourth-order valence-corrected chi connectivity index (χ4v) is 0.919. The fourth-order valence-electron chi connectivity index (χ4n) is 0.919. The largest absolute Gasteiger partial charge is 0.385 e. The van der Waals surface area contributed by atoms with Gasteiger partial charge in [-0.1, -0.05) is 0 Å². The zero-order chi connectivity index (χ0) is 10.2. The monoisotopic (exact) mass is 186 g/mol. The highest BCUT2D eigenvalue weighted by atomic mass is 16.5. The highest BCUT2D eigenvalue weighted by molar-refractivity contribution is 5.03. The summed E-state index contributed by atoms with van der Waals surface area (Å²) in [6.45, 7) is 3.75. The van der Waals surface area contributed by atoms with Crippen LogP contribution in [0.15, 0.2) is 0 Å². The predicted molar refractivity (Wildman–Crippen MR) is 50.4 cm³/mol. The van der Waals surface area contributed by atoms with Crippen molar-refractivity contribution in [1.29, 1.82) is 5.26 Å². The van der Waals surface area contributed by atoms with Gasteiger partial charge in [-0.2, -0.15) is 5.26 Å². The van der Waals surface area contributed by atoms with Gasteiger partial charge in [-0.05, 0) is 6.92 Å². The number of rotatable bonds is 7. The molecule has 0 amide bonds. The normalized spacial score (nSPS) is 14.9. The maximum Gasteiger partial charge on any atom is 0.106 e. The zero-order valence-electron chi connectivity index (χ0n) is 8.59. The van der Waals surface area contributed by atoms with Gasteiger partial charge in [-0.25, -0.2) is 0 Å². The van der Waals surface area contributed by atoms with Crippen LogP contribution in [-0.2, 0) is 9.47 Å². The molecule has 0 saturated heterocycles. The van der Waals surface area contributed by atoms with E-state index in [1.165, 1.54) is 0 Å². The second-order valence-corrected chi connectivity index (χ2v) is 3.11. The van der Waals surface area contributed by atoms with Crippen molar-refractivity contribution in [3.8, 4) is 6.07 Å². The van der Waals surface area contributed by atoms with Crippen LogP contribution in [0.1, 0.15) is 13.3 Å². The molecule has 4 heteroatoms. The number of methoxy groups -OCH3 is 2. The van der Waals surface area contributed by atoms with Crippen LogP contribution >= 0.6 is 0 Å². The van der Waals surface area contributed by atoms with E-state index in [1.54, 1.807) is 14.2 Å². The molecule has 0 radical (unpaired) electrons. The highest BCUT2D eigenvalue weighted by Gasteiger charge is 2.21. The summed E-state index contributed by atoms with van der Waals surface area (Å²) >= 11 is 0. The van der Waals surface area contributed by atoms with Gasteiger partial charge in [0.25, 0.3) is 0 Å². The molecule has 0 aliphatic rings. The smallest absolute Gasteiger partial charge is 0.106 e. The van der Waals surface area contributed by atoms with Gasteiger partial charge in [0, 0.05) is 33.8 Å². The lowest BCUT2D eigenvalue weighted by atomic mass is 10.0. The van der Waals surface area contributed by atoms with E-state index in [0.717, 1.165) is 0 Å². The van der Waals surface area contributed by atoms with Crippen molar-refractivity contribution in [2.45, 2.75) is 18.9 Å². The summed E-state index contributed by atoms with van der Waals surface area (Å²) in [4.78, 5) is 0. The third-order valence-electron chi connectivity index (χ3n) is 1.87. The van der Waals surface area contributed by atoms with Crippen molar-refractivity contribution in [3.63, 3.8) is 0 Å². The van der Waals surface area contributed by atoms with Crippen LogP contribution in [0.2, 0.25) is 0 Å². The SMILES string of the molecule is COCCNC(C)(C#N)CCOC. The molecule has 0 fully saturated rings. The molecule has 0 heterocycles. The maximum absolute atomic E-state index is 8.90. The number of ether oxygens (including phenoxy) is 2. The molecular formula is C9H18N2O2. The number of nitrogens with zero attached hydrogens (tertiary/aromatic N) is 1. The standard InChI is InChI=1S/C9H18N2O2/c1-9(8-10,4-6-12-2)11-5-7-13-3/h11H,4-7H2,1-3H3. The molecule has 0 saturated carbocycles. The van der Waals surface area contributed by atoms with Gasteiger partial charge in [0.2, 0.25) is 0 Å². The summed E-state index contributed by atoms with van der Waals surface area (Å²) in [6.07, 6.45) is 0.684. The number of nitrogens with one attached hydrogen (secondary N) is 1. The number of nitriles is 1. The Labute approximate surface area is 79.8 Å². The van der Waals surface area contributed by atoms with E-state index in [-0.39, 0.29) is 0 Å². The van der Waals surface area contributed by atoms with Gasteiger partial charge in [0.05, 0.1) is 12.7 Å². The van der Waals surface area contributed by atoms with Crippen molar-refractivity contribution in [3.05, 3.63) is 0 Å². The van der Waals surface area contributed by atoms with Gasteiger partial charge in [0.1, 0.15) is 5.54 Å². The molecule has 0 bridgehead atoms. The Morgan fingerprint density at radius 2 is 1.92 bits per heavy atom. The first-order chi connectivity index (χ1) is 6.18. The van der Waals surface area contributed by atoms with Gasteiger partial charge in [-0.15, -0.1) is 0 Å². The van der Waals surface area contributed by atoms with Gasteiger partial charge in [0.15, 0.2) is 0 Å². The highest BCUT2D eigenvalue weighted by Crippen LogP contribution is 2.07. The summed E-state index contributed by atoms with van der Waals surface area (Å²) < 4.78 is 9.81. The van der Waals surface area contributed by atoms with Crippen molar-refractivity contribution < 1.29 is 9.47 Å². The molecule has 0 aliphatic heterocycles. The van der Waals surface area contributed by atoms with Crippen LogP contribution in [0.25, 0.3) is 0 Å². The quantitative estimate of drug-likeness (QED) is 0.590. The van der Waals surface area contributed by atoms with Gasteiger partial charge in [-0.3, -0.25) is 5.32 Å². The molecule has 0 aromatic carbocycles. The summed E-state index contributed by atoms with van der Waals surface area (Å²) in [5, 5.41) is 12.0. The maximum atomic E-state index is 8.90. The van der Waals surface area contributed by atoms with Crippen LogP contribution in [0.5, 0.6) is 0 Å². The summed E-state index contributed by atoms with van der Waals surface area (Å²) in [5.41, 5.74) is -0.505. The molecule has 0 aromatic heterocycles. The van der Waals surface area contributed by atoms with E-state index >= 15 is 0 Å². The van der Waals surface area contributed by atoms with Crippen LogP contribution < -0.4 is 5.32 Å². The lowest BCUT2D eigenvalue weighted by molar-refractivity contribution is 0.162. The topological polar surface area (TPSA) is 54.3 Å². The Hall–Kier alpha value is -0.630. The first-order valence-corrected chi connectivity index (χ1v) is 4.32. The lowest BCUT2D eigenvalue weighted by Crippen LogP contribution is -2.43. The third kappa shape index (κ3) is 5.58. The number of hydrogen-bond acceptors (Lipinski definition) is 4. The van der Waals surface area contributed by atoms with Gasteiger partial charge < -0.3 is 9.47 Å². The Kier molecular flexibility index (Phi) is 6.51. The van der Waals surface area contributed by atoms with E-state index in [1.807, 2.05) is 6.92 Å². The second-order valence-electron chi connectivity index (χ2n) is 3.11. The molecule has 1 unspecified atom stereocenters. The molecule has 13 heavy (non-hydrogen) atoms. The molecular weight excluding hydrogens is 168 g/mol. The average Bonchev–Trinajstić information content (AvgIpc) is 2.15. The van der Waals surface area contributed by atoms with E-state index in [0.29, 0.717) is 26.2 Å². The summed E-state index contributed by atoms with van der Waals surface area (Å²) in [7, 11) is 3.27. The molecule has 1 N–H and O–H groups in total. The van der Waals surface area contributed by atoms with Crippen LogP contribution in [0.4, 0.5) is 0 Å². The molecule has 0 aromatic rings. The molecule has 1 atom stereocenters. The van der Waals surface area contributed by atoms with E-state index < -0.39 is 5.54 Å². The van der Waals surface area contributed by atoms with E-state index in [9.17, 15) is 0 Å². The Balaban J connectivity index is 3.76. The summed E-state index contributed by atoms with van der Waals surface area (Å²) in [5.74, 6) is 0. The third-order valence-corrected chi connectivity index (χ3v) is 1.87. The first-order valence-electron chi connectivity index (χ1n) is 4.32. The molecule has 0 spiro atoms. The minimum atomic E-state index is -0.505. The van der Waals surface area contributed by atoms with Crippen molar-refractivity contribution >= 4 is 0 Å². The van der Waals surface area contributed by atoms with Crippen molar-refractivity contribution in [2.75, 3.05) is 34.0 Å². The minimum Gasteiger partial charge on any atom is -0.385 e. The van der Waals surface area contributed by atoms with Crippen LogP contribution in [0.3, 0.4) is 0 Å². The lowest BCUT2D eigenvalue weighted by Gasteiger charge is -2.22. The Morgan fingerprint density at radius 3 is 2.38 bits per heavy atom. The van der Waals surface area contributed by atoms with Gasteiger partial charge >= 0.3 is 0 Å².